The molecule has 16 heavy (non-hydrogen) atoms. The van der Waals surface area contributed by atoms with Crippen LogP contribution in [0.4, 0.5) is 0 Å². The molecule has 1 aliphatic rings. The molecule has 0 aromatic carbocycles. The quantitative estimate of drug-likeness (QED) is 0.605. The summed E-state index contributed by atoms with van der Waals surface area (Å²) in [7, 11) is 1.71. The fourth-order valence-corrected chi connectivity index (χ4v) is 1.88. The van der Waals surface area contributed by atoms with E-state index in [1.165, 1.54) is 6.42 Å². The third kappa shape index (κ3) is 5.80. The van der Waals surface area contributed by atoms with Gasteiger partial charge in [-0.05, 0) is 26.2 Å². The van der Waals surface area contributed by atoms with Crippen LogP contribution in [0.25, 0.3) is 0 Å². The Balaban J connectivity index is 1.84. The monoisotopic (exact) mass is 231 g/mol. The summed E-state index contributed by atoms with van der Waals surface area (Å²) in [6.45, 7) is 7.22. The van der Waals surface area contributed by atoms with Crippen LogP contribution in [0.15, 0.2) is 0 Å². The van der Waals surface area contributed by atoms with Crippen molar-refractivity contribution in [1.29, 1.82) is 0 Å². The van der Waals surface area contributed by atoms with E-state index in [1.54, 1.807) is 7.11 Å². The van der Waals surface area contributed by atoms with E-state index in [-0.39, 0.29) is 5.60 Å². The lowest BCUT2D eigenvalue weighted by Gasteiger charge is -2.23. The number of rotatable bonds is 9. The molecule has 0 radical (unpaired) electrons. The zero-order valence-electron chi connectivity index (χ0n) is 10.6. The SMILES string of the molecule is COCCCOCCNCC1(C)CCCO1. The molecule has 0 bridgehead atoms. The Morgan fingerprint density at radius 3 is 2.88 bits per heavy atom. The van der Waals surface area contributed by atoms with Gasteiger partial charge in [0.05, 0.1) is 12.2 Å². The Kier molecular flexibility index (Phi) is 6.96. The molecule has 1 heterocycles. The highest BCUT2D eigenvalue weighted by molar-refractivity contribution is 4.82. The topological polar surface area (TPSA) is 39.7 Å². The number of nitrogens with one attached hydrogen (secondary N) is 1. The maximum atomic E-state index is 5.68. The Hall–Kier alpha value is -0.160. The second-order valence-electron chi connectivity index (χ2n) is 4.54. The summed E-state index contributed by atoms with van der Waals surface area (Å²) in [6.07, 6.45) is 3.32. The second-order valence-corrected chi connectivity index (χ2v) is 4.54. The Morgan fingerprint density at radius 1 is 1.31 bits per heavy atom. The predicted molar refractivity (Wildman–Crippen MR) is 63.8 cm³/mol. The first kappa shape index (κ1) is 13.9. The average molecular weight is 231 g/mol. The van der Waals surface area contributed by atoms with Crippen LogP contribution in [-0.2, 0) is 14.2 Å². The average Bonchev–Trinajstić information content (AvgIpc) is 2.70. The first-order valence-corrected chi connectivity index (χ1v) is 6.18. The largest absolute Gasteiger partial charge is 0.385 e. The van der Waals surface area contributed by atoms with Gasteiger partial charge in [-0.1, -0.05) is 0 Å². The number of ether oxygens (including phenoxy) is 3. The summed E-state index contributed by atoms with van der Waals surface area (Å²) in [5, 5.41) is 3.38. The molecule has 1 saturated heterocycles. The molecule has 0 saturated carbocycles. The number of hydrogen-bond donors (Lipinski definition) is 1. The van der Waals surface area contributed by atoms with Crippen LogP contribution < -0.4 is 5.32 Å². The Morgan fingerprint density at radius 2 is 2.19 bits per heavy atom. The molecule has 1 aliphatic heterocycles. The van der Waals surface area contributed by atoms with Gasteiger partial charge in [-0.15, -0.1) is 0 Å². The molecule has 1 N–H and O–H groups in total. The summed E-state index contributed by atoms with van der Waals surface area (Å²) >= 11 is 0. The minimum atomic E-state index is 0.0516. The highest BCUT2D eigenvalue weighted by Gasteiger charge is 2.28. The van der Waals surface area contributed by atoms with Crippen LogP contribution in [0.5, 0.6) is 0 Å². The van der Waals surface area contributed by atoms with Crippen molar-refractivity contribution >= 4 is 0 Å². The minimum Gasteiger partial charge on any atom is -0.385 e. The molecule has 0 aromatic rings. The first-order chi connectivity index (χ1) is 7.77. The summed E-state index contributed by atoms with van der Waals surface area (Å²) in [5.74, 6) is 0. The second kappa shape index (κ2) is 8.01. The van der Waals surface area contributed by atoms with E-state index in [4.69, 9.17) is 14.2 Å². The van der Waals surface area contributed by atoms with Crippen molar-refractivity contribution in [2.75, 3.05) is 46.6 Å². The zero-order valence-corrected chi connectivity index (χ0v) is 10.6. The van der Waals surface area contributed by atoms with Crippen LogP contribution >= 0.6 is 0 Å². The molecular weight excluding hydrogens is 206 g/mol. The van der Waals surface area contributed by atoms with Crippen molar-refractivity contribution in [3.8, 4) is 0 Å². The molecule has 1 fully saturated rings. The fraction of sp³-hybridized carbons (Fsp3) is 1.00. The van der Waals surface area contributed by atoms with Gasteiger partial charge in [0.15, 0.2) is 0 Å². The fourth-order valence-electron chi connectivity index (χ4n) is 1.88. The van der Waals surface area contributed by atoms with E-state index < -0.39 is 0 Å². The Bertz CT molecular complexity index is 170. The normalized spacial score (nSPS) is 25.1. The van der Waals surface area contributed by atoms with E-state index in [9.17, 15) is 0 Å². The molecular formula is C12H25NO3. The minimum absolute atomic E-state index is 0.0516. The maximum absolute atomic E-state index is 5.68. The number of methoxy groups -OCH3 is 1. The Labute approximate surface area is 98.6 Å². The van der Waals surface area contributed by atoms with Crippen LogP contribution in [-0.4, -0.2) is 52.2 Å². The van der Waals surface area contributed by atoms with Crippen LogP contribution in [0.2, 0.25) is 0 Å². The summed E-state index contributed by atoms with van der Waals surface area (Å²) < 4.78 is 16.1. The molecule has 0 aliphatic carbocycles. The van der Waals surface area contributed by atoms with Crippen molar-refractivity contribution in [3.63, 3.8) is 0 Å². The van der Waals surface area contributed by atoms with Crippen LogP contribution in [0.1, 0.15) is 26.2 Å². The third-order valence-electron chi connectivity index (χ3n) is 2.86. The van der Waals surface area contributed by atoms with Crippen LogP contribution in [0.3, 0.4) is 0 Å². The van der Waals surface area contributed by atoms with E-state index in [1.807, 2.05) is 0 Å². The van der Waals surface area contributed by atoms with Gasteiger partial charge in [-0.3, -0.25) is 0 Å². The lowest BCUT2D eigenvalue weighted by molar-refractivity contribution is 0.0190. The van der Waals surface area contributed by atoms with Gasteiger partial charge < -0.3 is 19.5 Å². The van der Waals surface area contributed by atoms with Crippen molar-refractivity contribution in [2.24, 2.45) is 0 Å². The van der Waals surface area contributed by atoms with Crippen molar-refractivity contribution in [1.82, 2.24) is 5.32 Å². The highest BCUT2D eigenvalue weighted by Crippen LogP contribution is 2.23. The van der Waals surface area contributed by atoms with E-state index >= 15 is 0 Å². The van der Waals surface area contributed by atoms with Crippen molar-refractivity contribution < 1.29 is 14.2 Å². The maximum Gasteiger partial charge on any atom is 0.0779 e. The third-order valence-corrected chi connectivity index (χ3v) is 2.86. The molecule has 96 valence electrons. The lowest BCUT2D eigenvalue weighted by atomic mass is 10.0. The number of hydrogen-bond acceptors (Lipinski definition) is 4. The molecule has 0 spiro atoms. The van der Waals surface area contributed by atoms with Gasteiger partial charge in [-0.25, -0.2) is 0 Å². The van der Waals surface area contributed by atoms with E-state index in [0.29, 0.717) is 0 Å². The van der Waals surface area contributed by atoms with Gasteiger partial charge in [0.1, 0.15) is 0 Å². The molecule has 4 nitrogen and oxygen atoms in total. The van der Waals surface area contributed by atoms with E-state index in [2.05, 4.69) is 12.2 Å². The van der Waals surface area contributed by atoms with Gasteiger partial charge in [-0.2, -0.15) is 0 Å². The smallest absolute Gasteiger partial charge is 0.0779 e. The molecule has 0 aromatic heterocycles. The lowest BCUT2D eigenvalue weighted by Crippen LogP contribution is -2.38. The summed E-state index contributed by atoms with van der Waals surface area (Å²) in [4.78, 5) is 0. The van der Waals surface area contributed by atoms with Crippen molar-refractivity contribution in [2.45, 2.75) is 31.8 Å². The van der Waals surface area contributed by atoms with Gasteiger partial charge in [0.2, 0.25) is 0 Å². The molecule has 1 unspecified atom stereocenters. The molecule has 4 heteroatoms. The standard InChI is InChI=1S/C12H25NO3/c1-12(5-3-9-16-12)11-13-6-10-15-8-4-7-14-2/h13H,3-11H2,1-2H3. The zero-order chi connectivity index (χ0) is 11.7. The molecule has 1 rings (SSSR count). The molecule has 1 atom stereocenters. The van der Waals surface area contributed by atoms with Crippen LogP contribution in [0, 0.1) is 0 Å². The highest BCUT2D eigenvalue weighted by atomic mass is 16.5. The first-order valence-electron chi connectivity index (χ1n) is 6.18. The van der Waals surface area contributed by atoms with Gasteiger partial charge in [0, 0.05) is 40.0 Å². The summed E-state index contributed by atoms with van der Waals surface area (Å²) in [6, 6.07) is 0. The van der Waals surface area contributed by atoms with Gasteiger partial charge in [0.25, 0.3) is 0 Å². The van der Waals surface area contributed by atoms with Gasteiger partial charge >= 0.3 is 0 Å². The predicted octanol–water partition coefficient (Wildman–Crippen LogP) is 1.20. The van der Waals surface area contributed by atoms with E-state index in [0.717, 1.165) is 52.4 Å². The summed E-state index contributed by atoms with van der Waals surface area (Å²) in [5.41, 5.74) is 0.0516. The van der Waals surface area contributed by atoms with Crippen molar-refractivity contribution in [3.05, 3.63) is 0 Å². The molecule has 0 amide bonds.